The predicted octanol–water partition coefficient (Wildman–Crippen LogP) is 3.82. The molecule has 1 aromatic heterocycles. The molecular formula is C22H22N2O3. The molecule has 0 aliphatic carbocycles. The molecule has 0 saturated heterocycles. The van der Waals surface area contributed by atoms with E-state index in [0.29, 0.717) is 12.1 Å². The molecule has 1 aliphatic heterocycles. The fourth-order valence-electron chi connectivity index (χ4n) is 3.57. The van der Waals surface area contributed by atoms with Gasteiger partial charge in [0.05, 0.1) is 13.4 Å². The van der Waals surface area contributed by atoms with Crippen LogP contribution in [0.2, 0.25) is 0 Å². The molecule has 5 heteroatoms. The number of hydrogen-bond acceptors (Lipinski definition) is 4. The second-order valence-corrected chi connectivity index (χ2v) is 6.54. The second-order valence-electron chi connectivity index (χ2n) is 6.54. The number of anilines is 1. The normalized spacial score (nSPS) is 13.9. The van der Waals surface area contributed by atoms with E-state index in [9.17, 15) is 4.79 Å². The molecule has 1 atom stereocenters. The van der Waals surface area contributed by atoms with Crippen molar-refractivity contribution in [3.63, 3.8) is 0 Å². The SMILES string of the molecule is COc1ccc(C(=O)NC[C@H](c2ccco2)N2CCc3ccccc32)cc1. The van der Waals surface area contributed by atoms with Crippen molar-refractivity contribution in [2.75, 3.05) is 25.1 Å². The van der Waals surface area contributed by atoms with Crippen molar-refractivity contribution in [1.82, 2.24) is 5.32 Å². The van der Waals surface area contributed by atoms with Crippen LogP contribution >= 0.6 is 0 Å². The number of nitrogens with one attached hydrogen (secondary N) is 1. The molecule has 4 rings (SSSR count). The molecule has 138 valence electrons. The predicted molar refractivity (Wildman–Crippen MR) is 104 cm³/mol. The average molecular weight is 362 g/mol. The molecule has 0 unspecified atom stereocenters. The highest BCUT2D eigenvalue weighted by Gasteiger charge is 2.29. The first-order valence-corrected chi connectivity index (χ1v) is 9.06. The number of methoxy groups -OCH3 is 1. The van der Waals surface area contributed by atoms with Gasteiger partial charge in [0, 0.05) is 24.3 Å². The molecule has 1 amide bonds. The lowest BCUT2D eigenvalue weighted by molar-refractivity contribution is 0.0950. The standard InChI is InChI=1S/C22H22N2O3/c1-26-18-10-8-17(9-11-18)22(25)23-15-20(21-7-4-14-27-21)24-13-12-16-5-2-3-6-19(16)24/h2-11,14,20H,12-13,15H2,1H3,(H,23,25)/t20-/m1/s1. The molecule has 5 nitrogen and oxygen atoms in total. The molecule has 0 fully saturated rings. The van der Waals surface area contributed by atoms with Crippen molar-refractivity contribution >= 4 is 11.6 Å². The largest absolute Gasteiger partial charge is 0.497 e. The van der Waals surface area contributed by atoms with Gasteiger partial charge in [-0.2, -0.15) is 0 Å². The third-order valence-corrected chi connectivity index (χ3v) is 4.98. The molecule has 2 aromatic carbocycles. The van der Waals surface area contributed by atoms with Crippen LogP contribution in [0.5, 0.6) is 5.75 Å². The van der Waals surface area contributed by atoms with Gasteiger partial charge in [0.15, 0.2) is 0 Å². The van der Waals surface area contributed by atoms with Crippen LogP contribution in [-0.2, 0) is 6.42 Å². The molecule has 2 heterocycles. The molecule has 27 heavy (non-hydrogen) atoms. The quantitative estimate of drug-likeness (QED) is 0.724. The van der Waals surface area contributed by atoms with E-state index in [4.69, 9.17) is 9.15 Å². The van der Waals surface area contributed by atoms with Gasteiger partial charge >= 0.3 is 0 Å². The number of ether oxygens (including phenoxy) is 1. The number of nitrogens with zero attached hydrogens (tertiary/aromatic N) is 1. The summed E-state index contributed by atoms with van der Waals surface area (Å²) in [4.78, 5) is 14.9. The van der Waals surface area contributed by atoms with Crippen LogP contribution in [0.1, 0.15) is 27.7 Å². The smallest absolute Gasteiger partial charge is 0.251 e. The zero-order chi connectivity index (χ0) is 18.6. The number of carbonyl (C=O) groups excluding carboxylic acids is 1. The fourth-order valence-corrected chi connectivity index (χ4v) is 3.57. The van der Waals surface area contributed by atoms with Gasteiger partial charge in [-0.25, -0.2) is 0 Å². The number of rotatable bonds is 6. The van der Waals surface area contributed by atoms with Crippen molar-refractivity contribution in [2.45, 2.75) is 12.5 Å². The average Bonchev–Trinajstić information content (AvgIpc) is 3.39. The summed E-state index contributed by atoms with van der Waals surface area (Å²) in [5, 5.41) is 3.05. The summed E-state index contributed by atoms with van der Waals surface area (Å²) in [6.07, 6.45) is 2.68. The maximum atomic E-state index is 12.6. The highest BCUT2D eigenvalue weighted by atomic mass is 16.5. The van der Waals surface area contributed by atoms with Gasteiger partial charge in [-0.3, -0.25) is 4.79 Å². The fraction of sp³-hybridized carbons (Fsp3) is 0.227. The summed E-state index contributed by atoms with van der Waals surface area (Å²) in [7, 11) is 1.61. The number of benzene rings is 2. The summed E-state index contributed by atoms with van der Waals surface area (Å²) in [6, 6.07) is 19.3. The Morgan fingerprint density at radius 1 is 1.15 bits per heavy atom. The Balaban J connectivity index is 1.52. The molecular weight excluding hydrogens is 340 g/mol. The van der Waals surface area contributed by atoms with Gasteiger partial charge in [0.1, 0.15) is 17.6 Å². The number of para-hydroxylation sites is 1. The lowest BCUT2D eigenvalue weighted by atomic mass is 10.1. The minimum absolute atomic E-state index is 0.0501. The first-order valence-electron chi connectivity index (χ1n) is 9.06. The number of carbonyl (C=O) groups is 1. The summed E-state index contributed by atoms with van der Waals surface area (Å²) < 4.78 is 10.8. The lowest BCUT2D eigenvalue weighted by Gasteiger charge is -2.29. The van der Waals surface area contributed by atoms with Crippen LogP contribution in [0.15, 0.2) is 71.3 Å². The van der Waals surface area contributed by atoms with Crippen LogP contribution in [0.25, 0.3) is 0 Å². The highest BCUT2D eigenvalue weighted by Crippen LogP contribution is 2.35. The van der Waals surface area contributed by atoms with Crippen LogP contribution in [0, 0.1) is 0 Å². The zero-order valence-corrected chi connectivity index (χ0v) is 15.2. The van der Waals surface area contributed by atoms with E-state index in [-0.39, 0.29) is 11.9 Å². The van der Waals surface area contributed by atoms with Crippen LogP contribution < -0.4 is 15.0 Å². The monoisotopic (exact) mass is 362 g/mol. The Kier molecular flexibility index (Phi) is 4.83. The molecule has 1 aliphatic rings. The maximum absolute atomic E-state index is 12.6. The van der Waals surface area contributed by atoms with Gasteiger partial charge < -0.3 is 19.4 Å². The number of fused-ring (bicyclic) bond motifs is 1. The van der Waals surface area contributed by atoms with Crippen molar-refractivity contribution < 1.29 is 13.9 Å². The van der Waals surface area contributed by atoms with E-state index in [1.165, 1.54) is 11.3 Å². The molecule has 0 saturated carbocycles. The Morgan fingerprint density at radius 2 is 1.96 bits per heavy atom. The number of amides is 1. The van der Waals surface area contributed by atoms with Crippen molar-refractivity contribution in [2.24, 2.45) is 0 Å². The maximum Gasteiger partial charge on any atom is 0.251 e. The molecule has 0 radical (unpaired) electrons. The van der Waals surface area contributed by atoms with Crippen LogP contribution in [0.4, 0.5) is 5.69 Å². The van der Waals surface area contributed by atoms with E-state index >= 15 is 0 Å². The third kappa shape index (κ3) is 3.53. The first-order chi connectivity index (χ1) is 13.3. The van der Waals surface area contributed by atoms with E-state index < -0.39 is 0 Å². The minimum atomic E-state index is -0.110. The van der Waals surface area contributed by atoms with Crippen molar-refractivity contribution in [1.29, 1.82) is 0 Å². The van der Waals surface area contributed by atoms with E-state index in [1.54, 1.807) is 37.6 Å². The molecule has 3 aromatic rings. The second kappa shape index (κ2) is 7.58. The summed E-state index contributed by atoms with van der Waals surface area (Å²) >= 11 is 0. The first kappa shape index (κ1) is 17.2. The molecule has 0 bridgehead atoms. The number of furan rings is 1. The van der Waals surface area contributed by atoms with E-state index in [0.717, 1.165) is 24.5 Å². The van der Waals surface area contributed by atoms with Crippen molar-refractivity contribution in [3.05, 3.63) is 83.8 Å². The highest BCUT2D eigenvalue weighted by molar-refractivity contribution is 5.94. The Hall–Kier alpha value is -3.21. The molecule has 1 N–H and O–H groups in total. The van der Waals surface area contributed by atoms with E-state index in [1.807, 2.05) is 18.2 Å². The summed E-state index contributed by atoms with van der Waals surface area (Å²) in [5.74, 6) is 1.47. The Bertz CT molecular complexity index is 904. The van der Waals surface area contributed by atoms with Crippen LogP contribution in [-0.4, -0.2) is 26.1 Å². The van der Waals surface area contributed by atoms with Crippen molar-refractivity contribution in [3.8, 4) is 5.75 Å². The zero-order valence-electron chi connectivity index (χ0n) is 15.2. The number of hydrogen-bond donors (Lipinski definition) is 1. The van der Waals surface area contributed by atoms with Gasteiger partial charge in [-0.1, -0.05) is 18.2 Å². The van der Waals surface area contributed by atoms with E-state index in [2.05, 4.69) is 28.4 Å². The van der Waals surface area contributed by atoms with Crippen LogP contribution in [0.3, 0.4) is 0 Å². The molecule has 0 spiro atoms. The lowest BCUT2D eigenvalue weighted by Crippen LogP contribution is -2.37. The Labute approximate surface area is 158 Å². The Morgan fingerprint density at radius 3 is 2.70 bits per heavy atom. The minimum Gasteiger partial charge on any atom is -0.497 e. The summed E-state index contributed by atoms with van der Waals surface area (Å²) in [5.41, 5.74) is 3.14. The van der Waals surface area contributed by atoms with Gasteiger partial charge in [0.2, 0.25) is 0 Å². The van der Waals surface area contributed by atoms with Gasteiger partial charge in [0.25, 0.3) is 5.91 Å². The summed E-state index contributed by atoms with van der Waals surface area (Å²) in [6.45, 7) is 1.37. The third-order valence-electron chi connectivity index (χ3n) is 4.98. The topological polar surface area (TPSA) is 54.7 Å². The van der Waals surface area contributed by atoms with Gasteiger partial charge in [-0.05, 0) is 54.4 Å². The van der Waals surface area contributed by atoms with Gasteiger partial charge in [-0.15, -0.1) is 0 Å².